The normalized spacial score (nSPS) is 12.3. The van der Waals surface area contributed by atoms with E-state index in [0.717, 1.165) is 0 Å². The monoisotopic (exact) mass is 273 g/mol. The quantitative estimate of drug-likeness (QED) is 0.558. The number of nitrogens with one attached hydrogen (secondary N) is 1. The molecule has 0 aromatic carbocycles. The summed E-state index contributed by atoms with van der Waals surface area (Å²) in [5.74, 6) is -1.06. The number of nitrogens with zero attached hydrogens (tertiary/aromatic N) is 1. The van der Waals surface area contributed by atoms with Gasteiger partial charge in [-0.1, -0.05) is 13.8 Å². The minimum absolute atomic E-state index is 0.0330. The van der Waals surface area contributed by atoms with Gasteiger partial charge in [-0.3, -0.25) is 14.5 Å². The van der Waals surface area contributed by atoms with E-state index in [0.29, 0.717) is 12.5 Å². The minimum Gasteiger partial charge on any atom is -0.467 e. The number of nitrogens with two attached hydrogens (primary N) is 1. The third-order valence-corrected chi connectivity index (χ3v) is 2.31. The fourth-order valence-electron chi connectivity index (χ4n) is 1.77. The molecule has 0 aliphatic rings. The molecule has 7 heteroatoms. The Kier molecular flexibility index (Phi) is 7.74. The van der Waals surface area contributed by atoms with E-state index in [-0.39, 0.29) is 19.0 Å². The topological polar surface area (TPSA) is 102 Å². The standard InChI is InChI=1S/C12H23N3O4/c1-8(2)5-15(7-11(13)17)6-10(12(18)19-4)14-9(3)16/h8,10H,5-7H2,1-4H3,(H2,13,17)(H,14,16). The maximum atomic E-state index is 11.6. The molecule has 7 nitrogen and oxygen atoms in total. The van der Waals surface area contributed by atoms with Crippen molar-refractivity contribution in [2.24, 2.45) is 11.7 Å². The maximum absolute atomic E-state index is 11.6. The van der Waals surface area contributed by atoms with Crippen LogP contribution in [0.15, 0.2) is 0 Å². The molecule has 0 spiro atoms. The molecule has 0 saturated heterocycles. The summed E-state index contributed by atoms with van der Waals surface area (Å²) in [5.41, 5.74) is 5.17. The molecule has 2 amide bonds. The first-order valence-corrected chi connectivity index (χ1v) is 6.11. The molecule has 3 N–H and O–H groups in total. The predicted molar refractivity (Wildman–Crippen MR) is 70.1 cm³/mol. The summed E-state index contributed by atoms with van der Waals surface area (Å²) < 4.78 is 4.63. The first kappa shape index (κ1) is 17.4. The van der Waals surface area contributed by atoms with Gasteiger partial charge in [-0.05, 0) is 5.92 Å². The Hall–Kier alpha value is -1.63. The molecule has 0 fully saturated rings. The highest BCUT2D eigenvalue weighted by Gasteiger charge is 2.24. The second kappa shape index (κ2) is 8.47. The molecule has 110 valence electrons. The average Bonchev–Trinajstić information content (AvgIpc) is 2.24. The van der Waals surface area contributed by atoms with Gasteiger partial charge < -0.3 is 15.8 Å². The Morgan fingerprint density at radius 2 is 1.84 bits per heavy atom. The van der Waals surface area contributed by atoms with Crippen molar-refractivity contribution in [2.75, 3.05) is 26.7 Å². The van der Waals surface area contributed by atoms with E-state index in [2.05, 4.69) is 10.1 Å². The zero-order chi connectivity index (χ0) is 15.0. The second-order valence-electron chi connectivity index (χ2n) is 4.83. The number of amides is 2. The zero-order valence-electron chi connectivity index (χ0n) is 11.9. The van der Waals surface area contributed by atoms with Gasteiger partial charge in [0.1, 0.15) is 6.04 Å². The van der Waals surface area contributed by atoms with E-state index in [1.807, 2.05) is 13.8 Å². The molecule has 0 aromatic heterocycles. The van der Waals surface area contributed by atoms with Crippen LogP contribution in [0.2, 0.25) is 0 Å². The molecule has 0 radical (unpaired) electrons. The van der Waals surface area contributed by atoms with Gasteiger partial charge in [-0.2, -0.15) is 0 Å². The van der Waals surface area contributed by atoms with Crippen molar-refractivity contribution in [3.63, 3.8) is 0 Å². The third-order valence-electron chi connectivity index (χ3n) is 2.31. The van der Waals surface area contributed by atoms with Crippen molar-refractivity contribution in [3.05, 3.63) is 0 Å². The van der Waals surface area contributed by atoms with Crippen molar-refractivity contribution >= 4 is 17.8 Å². The number of esters is 1. The number of rotatable bonds is 8. The van der Waals surface area contributed by atoms with Crippen molar-refractivity contribution in [1.82, 2.24) is 10.2 Å². The van der Waals surface area contributed by atoms with Gasteiger partial charge in [0.2, 0.25) is 11.8 Å². The van der Waals surface area contributed by atoms with Crippen LogP contribution in [0.25, 0.3) is 0 Å². The zero-order valence-corrected chi connectivity index (χ0v) is 11.9. The Labute approximate surface area is 113 Å². The van der Waals surface area contributed by atoms with Gasteiger partial charge in [0.15, 0.2) is 0 Å². The summed E-state index contributed by atoms with van der Waals surface area (Å²) >= 11 is 0. The summed E-state index contributed by atoms with van der Waals surface area (Å²) in [6.45, 7) is 6.10. The van der Waals surface area contributed by atoms with E-state index in [1.54, 1.807) is 4.90 Å². The van der Waals surface area contributed by atoms with Crippen LogP contribution in [0, 0.1) is 5.92 Å². The van der Waals surface area contributed by atoms with E-state index >= 15 is 0 Å². The highest BCUT2D eigenvalue weighted by Crippen LogP contribution is 2.01. The van der Waals surface area contributed by atoms with Gasteiger partial charge in [-0.15, -0.1) is 0 Å². The molecular formula is C12H23N3O4. The minimum atomic E-state index is -0.805. The lowest BCUT2D eigenvalue weighted by Crippen LogP contribution is -2.50. The smallest absolute Gasteiger partial charge is 0.329 e. The number of hydrogen-bond donors (Lipinski definition) is 2. The number of ether oxygens (including phenoxy) is 1. The molecular weight excluding hydrogens is 250 g/mol. The molecule has 0 aliphatic heterocycles. The fraction of sp³-hybridized carbons (Fsp3) is 0.750. The van der Waals surface area contributed by atoms with Crippen LogP contribution < -0.4 is 11.1 Å². The lowest BCUT2D eigenvalue weighted by Gasteiger charge is -2.26. The highest BCUT2D eigenvalue weighted by atomic mass is 16.5. The lowest BCUT2D eigenvalue weighted by atomic mass is 10.2. The van der Waals surface area contributed by atoms with Crippen LogP contribution in [-0.2, 0) is 19.1 Å². The predicted octanol–water partition coefficient (Wildman–Crippen LogP) is -0.893. The van der Waals surface area contributed by atoms with Gasteiger partial charge >= 0.3 is 5.97 Å². The lowest BCUT2D eigenvalue weighted by molar-refractivity contribution is -0.145. The summed E-state index contributed by atoms with van der Waals surface area (Å²) in [6, 6.07) is -0.805. The summed E-state index contributed by atoms with van der Waals surface area (Å²) in [5, 5.41) is 2.50. The molecule has 0 heterocycles. The summed E-state index contributed by atoms with van der Waals surface area (Å²) in [7, 11) is 1.25. The van der Waals surface area contributed by atoms with Crippen molar-refractivity contribution in [2.45, 2.75) is 26.8 Å². The van der Waals surface area contributed by atoms with Crippen LogP contribution in [-0.4, -0.2) is 55.5 Å². The number of hydrogen-bond acceptors (Lipinski definition) is 5. The van der Waals surface area contributed by atoms with Crippen LogP contribution in [0.1, 0.15) is 20.8 Å². The van der Waals surface area contributed by atoms with E-state index in [1.165, 1.54) is 14.0 Å². The molecule has 1 atom stereocenters. The van der Waals surface area contributed by atoms with Gasteiger partial charge in [0.25, 0.3) is 0 Å². The van der Waals surface area contributed by atoms with Crippen molar-refractivity contribution in [3.8, 4) is 0 Å². The van der Waals surface area contributed by atoms with Crippen LogP contribution >= 0.6 is 0 Å². The molecule has 0 saturated carbocycles. The fourth-order valence-corrected chi connectivity index (χ4v) is 1.77. The Morgan fingerprint density at radius 1 is 1.26 bits per heavy atom. The van der Waals surface area contributed by atoms with Gasteiger partial charge in [0, 0.05) is 20.0 Å². The number of carbonyl (C=O) groups excluding carboxylic acids is 3. The molecule has 0 aliphatic carbocycles. The van der Waals surface area contributed by atoms with E-state index in [4.69, 9.17) is 5.73 Å². The summed E-state index contributed by atoms with van der Waals surface area (Å²) in [6.07, 6.45) is 0. The van der Waals surface area contributed by atoms with Crippen LogP contribution in [0.4, 0.5) is 0 Å². The largest absolute Gasteiger partial charge is 0.467 e. The van der Waals surface area contributed by atoms with E-state index in [9.17, 15) is 14.4 Å². The molecule has 0 bridgehead atoms. The van der Waals surface area contributed by atoms with Crippen LogP contribution in [0.5, 0.6) is 0 Å². The Morgan fingerprint density at radius 3 is 2.21 bits per heavy atom. The SMILES string of the molecule is COC(=O)C(CN(CC(N)=O)CC(C)C)NC(C)=O. The Balaban J connectivity index is 4.74. The van der Waals surface area contributed by atoms with E-state index < -0.39 is 17.9 Å². The number of methoxy groups -OCH3 is 1. The van der Waals surface area contributed by atoms with Crippen LogP contribution in [0.3, 0.4) is 0 Å². The Bertz CT molecular complexity index is 331. The maximum Gasteiger partial charge on any atom is 0.329 e. The number of carbonyl (C=O) groups is 3. The van der Waals surface area contributed by atoms with Crippen molar-refractivity contribution < 1.29 is 19.1 Å². The molecule has 0 rings (SSSR count). The van der Waals surface area contributed by atoms with Gasteiger partial charge in [0.05, 0.1) is 13.7 Å². The third kappa shape index (κ3) is 8.15. The number of primary amides is 1. The summed E-state index contributed by atoms with van der Waals surface area (Å²) in [4.78, 5) is 35.4. The first-order chi connectivity index (χ1) is 8.76. The van der Waals surface area contributed by atoms with Gasteiger partial charge in [-0.25, -0.2) is 4.79 Å². The molecule has 0 aromatic rings. The first-order valence-electron chi connectivity index (χ1n) is 6.11. The van der Waals surface area contributed by atoms with Crippen molar-refractivity contribution in [1.29, 1.82) is 0 Å². The molecule has 19 heavy (non-hydrogen) atoms. The average molecular weight is 273 g/mol. The molecule has 1 unspecified atom stereocenters. The highest BCUT2D eigenvalue weighted by molar-refractivity contribution is 5.83. The second-order valence-corrected chi connectivity index (χ2v) is 4.83.